The monoisotopic (exact) mass is 294 g/mol. The molecule has 3 rings (SSSR count). The van der Waals surface area contributed by atoms with Gasteiger partial charge in [0.15, 0.2) is 0 Å². The molecule has 0 radical (unpaired) electrons. The summed E-state index contributed by atoms with van der Waals surface area (Å²) >= 11 is 0. The van der Waals surface area contributed by atoms with Crippen LogP contribution < -0.4 is 0 Å². The molecular formula is C15H10N4O3. The summed E-state index contributed by atoms with van der Waals surface area (Å²) in [6, 6.07) is 10.4. The summed E-state index contributed by atoms with van der Waals surface area (Å²) in [5.74, 6) is 0.246. The summed E-state index contributed by atoms with van der Waals surface area (Å²) in [7, 11) is 0. The number of rotatable bonds is 3. The minimum atomic E-state index is -0.631. The average Bonchev–Trinajstić information content (AvgIpc) is 3.12. The van der Waals surface area contributed by atoms with Gasteiger partial charge in [-0.15, -0.1) is 0 Å². The third-order valence-corrected chi connectivity index (χ3v) is 3.17. The van der Waals surface area contributed by atoms with E-state index >= 15 is 0 Å². The number of nitrogens with zero attached hydrogens (tertiary/aromatic N) is 3. The van der Waals surface area contributed by atoms with Gasteiger partial charge < -0.3 is 9.40 Å². The quantitative estimate of drug-likeness (QED) is 0.452. The molecule has 0 bridgehead atoms. The highest BCUT2D eigenvalue weighted by Crippen LogP contribution is 2.23. The number of hydrogen-bond acceptors (Lipinski definition) is 5. The Morgan fingerprint density at radius 1 is 1.45 bits per heavy atom. The molecule has 0 fully saturated rings. The number of nitro groups is 1. The number of para-hydroxylation sites is 1. The van der Waals surface area contributed by atoms with Gasteiger partial charge in [-0.1, -0.05) is 12.1 Å². The van der Waals surface area contributed by atoms with Crippen LogP contribution in [-0.2, 0) is 0 Å². The summed E-state index contributed by atoms with van der Waals surface area (Å²) in [5, 5.41) is 19.9. The fraction of sp³-hybridized carbons (Fsp3) is 0.0667. The highest BCUT2D eigenvalue weighted by molar-refractivity contribution is 5.90. The second-order valence-corrected chi connectivity index (χ2v) is 4.66. The van der Waals surface area contributed by atoms with Crippen LogP contribution in [0.15, 0.2) is 34.7 Å². The van der Waals surface area contributed by atoms with E-state index in [1.807, 2.05) is 31.2 Å². The first kappa shape index (κ1) is 13.6. The Balaban J connectivity index is 2.05. The minimum Gasteiger partial charge on any atom is -0.401 e. The molecule has 0 aliphatic rings. The molecule has 7 heteroatoms. The summed E-state index contributed by atoms with van der Waals surface area (Å²) in [4.78, 5) is 17.4. The Morgan fingerprint density at radius 2 is 2.27 bits per heavy atom. The van der Waals surface area contributed by atoms with Crippen LogP contribution in [0, 0.1) is 28.4 Å². The molecule has 3 aromatic rings. The van der Waals surface area contributed by atoms with Crippen molar-refractivity contribution in [1.82, 2.24) is 9.97 Å². The summed E-state index contributed by atoms with van der Waals surface area (Å²) in [5.41, 5.74) is 2.83. The second kappa shape index (κ2) is 5.18. The highest BCUT2D eigenvalue weighted by Gasteiger charge is 2.13. The first-order chi connectivity index (χ1) is 10.6. The van der Waals surface area contributed by atoms with Crippen molar-refractivity contribution in [2.45, 2.75) is 6.92 Å². The number of aromatic nitrogens is 2. The van der Waals surface area contributed by atoms with E-state index in [9.17, 15) is 15.4 Å². The van der Waals surface area contributed by atoms with Crippen molar-refractivity contribution in [3.63, 3.8) is 0 Å². The van der Waals surface area contributed by atoms with Crippen LogP contribution in [0.25, 0.3) is 22.7 Å². The van der Waals surface area contributed by atoms with Gasteiger partial charge in [0.25, 0.3) is 0 Å². The van der Waals surface area contributed by atoms with E-state index in [-0.39, 0.29) is 17.2 Å². The van der Waals surface area contributed by atoms with Crippen LogP contribution in [-0.4, -0.2) is 14.9 Å². The fourth-order valence-electron chi connectivity index (χ4n) is 2.12. The Hall–Kier alpha value is -3.40. The molecule has 22 heavy (non-hydrogen) atoms. The lowest BCUT2D eigenvalue weighted by molar-refractivity contribution is -0.402. The van der Waals surface area contributed by atoms with Crippen molar-refractivity contribution in [1.29, 1.82) is 5.26 Å². The molecule has 0 saturated heterocycles. The molecule has 108 valence electrons. The third-order valence-electron chi connectivity index (χ3n) is 3.17. The number of benzene rings is 1. The SMILES string of the molecule is Cc1cccc2[nH]c(/C(C#N)=C\c3ccc([N+](=O)[O-])o3)nc12. The van der Waals surface area contributed by atoms with Gasteiger partial charge in [0, 0.05) is 6.08 Å². The number of aromatic amines is 1. The van der Waals surface area contributed by atoms with Crippen LogP contribution in [0.5, 0.6) is 0 Å². The van der Waals surface area contributed by atoms with Crippen molar-refractivity contribution in [3.05, 3.63) is 57.6 Å². The van der Waals surface area contributed by atoms with Crippen molar-refractivity contribution in [2.75, 3.05) is 0 Å². The van der Waals surface area contributed by atoms with Gasteiger partial charge in [0.1, 0.15) is 22.6 Å². The van der Waals surface area contributed by atoms with Crippen LogP contribution in [0.2, 0.25) is 0 Å². The highest BCUT2D eigenvalue weighted by atomic mass is 16.6. The largest absolute Gasteiger partial charge is 0.433 e. The molecule has 0 aliphatic heterocycles. The lowest BCUT2D eigenvalue weighted by Gasteiger charge is -1.91. The predicted molar refractivity (Wildman–Crippen MR) is 79.7 cm³/mol. The normalized spacial score (nSPS) is 11.5. The first-order valence-corrected chi connectivity index (χ1v) is 6.40. The molecule has 0 atom stereocenters. The first-order valence-electron chi connectivity index (χ1n) is 6.40. The van der Waals surface area contributed by atoms with Gasteiger partial charge in [-0.05, 0) is 24.6 Å². The summed E-state index contributed by atoms with van der Waals surface area (Å²) < 4.78 is 5.03. The van der Waals surface area contributed by atoms with E-state index in [0.29, 0.717) is 5.82 Å². The smallest absolute Gasteiger partial charge is 0.401 e. The molecule has 0 aliphatic carbocycles. The van der Waals surface area contributed by atoms with E-state index in [2.05, 4.69) is 9.97 Å². The molecule has 0 unspecified atom stereocenters. The Bertz CT molecular complexity index is 943. The van der Waals surface area contributed by atoms with Crippen molar-refractivity contribution in [2.24, 2.45) is 0 Å². The maximum absolute atomic E-state index is 10.6. The summed E-state index contributed by atoms with van der Waals surface area (Å²) in [6.45, 7) is 1.93. The van der Waals surface area contributed by atoms with E-state index in [4.69, 9.17) is 4.42 Å². The molecule has 7 nitrogen and oxygen atoms in total. The topological polar surface area (TPSA) is 109 Å². The average molecular weight is 294 g/mol. The molecule has 1 aromatic carbocycles. The standard InChI is InChI=1S/C15H10N4O3/c1-9-3-2-4-12-14(9)18-15(17-12)10(8-16)7-11-5-6-13(22-11)19(20)21/h2-7H,1H3,(H,17,18)/b10-7-. The maximum Gasteiger partial charge on any atom is 0.433 e. The second-order valence-electron chi connectivity index (χ2n) is 4.66. The number of imidazole rings is 1. The zero-order valence-electron chi connectivity index (χ0n) is 11.5. The van der Waals surface area contributed by atoms with Crippen LogP contribution >= 0.6 is 0 Å². The number of H-pyrrole nitrogens is 1. The third kappa shape index (κ3) is 2.33. The van der Waals surface area contributed by atoms with Crippen LogP contribution in [0.1, 0.15) is 17.1 Å². The van der Waals surface area contributed by atoms with E-state index < -0.39 is 4.92 Å². The molecular weight excluding hydrogens is 284 g/mol. The Labute approximate surface area is 124 Å². The number of nitrogens with one attached hydrogen (secondary N) is 1. The Morgan fingerprint density at radius 3 is 2.91 bits per heavy atom. The maximum atomic E-state index is 10.6. The van der Waals surface area contributed by atoms with Gasteiger partial charge in [-0.25, -0.2) is 4.98 Å². The summed E-state index contributed by atoms with van der Waals surface area (Å²) in [6.07, 6.45) is 1.42. The lowest BCUT2D eigenvalue weighted by Crippen LogP contribution is -1.85. The van der Waals surface area contributed by atoms with Crippen molar-refractivity contribution < 1.29 is 9.34 Å². The Kier molecular flexibility index (Phi) is 3.20. The van der Waals surface area contributed by atoms with E-state index in [1.165, 1.54) is 18.2 Å². The number of allylic oxidation sites excluding steroid dienone is 1. The zero-order chi connectivity index (χ0) is 15.7. The number of nitriles is 1. The molecule has 2 heterocycles. The minimum absolute atomic E-state index is 0.223. The van der Waals surface area contributed by atoms with E-state index in [0.717, 1.165) is 16.6 Å². The predicted octanol–water partition coefficient (Wildman–Crippen LogP) is 3.44. The van der Waals surface area contributed by atoms with Crippen LogP contribution in [0.4, 0.5) is 5.88 Å². The fourth-order valence-corrected chi connectivity index (χ4v) is 2.12. The molecule has 1 N–H and O–H groups in total. The molecule has 0 spiro atoms. The van der Waals surface area contributed by atoms with Gasteiger partial charge in [-0.2, -0.15) is 5.26 Å². The number of hydrogen-bond donors (Lipinski definition) is 1. The van der Waals surface area contributed by atoms with Gasteiger partial charge in [0.2, 0.25) is 0 Å². The van der Waals surface area contributed by atoms with Crippen LogP contribution in [0.3, 0.4) is 0 Å². The lowest BCUT2D eigenvalue weighted by atomic mass is 10.2. The van der Waals surface area contributed by atoms with Gasteiger partial charge in [-0.3, -0.25) is 10.1 Å². The van der Waals surface area contributed by atoms with Gasteiger partial charge >= 0.3 is 5.88 Å². The molecule has 2 aromatic heterocycles. The van der Waals surface area contributed by atoms with E-state index in [1.54, 1.807) is 0 Å². The number of fused-ring (bicyclic) bond motifs is 1. The zero-order valence-corrected chi connectivity index (χ0v) is 11.5. The van der Waals surface area contributed by atoms with Crippen molar-refractivity contribution in [3.8, 4) is 6.07 Å². The molecule has 0 amide bonds. The number of furan rings is 1. The van der Waals surface area contributed by atoms with Crippen molar-refractivity contribution >= 4 is 28.6 Å². The number of aryl methyl sites for hydroxylation is 1. The molecule has 0 saturated carbocycles. The van der Waals surface area contributed by atoms with Gasteiger partial charge in [0.05, 0.1) is 22.7 Å².